The maximum atomic E-state index is 9.09. The van der Waals surface area contributed by atoms with Crippen LogP contribution < -0.4 is 4.74 Å². The Morgan fingerprint density at radius 2 is 1.82 bits per heavy atom. The summed E-state index contributed by atoms with van der Waals surface area (Å²) >= 11 is 3.42. The summed E-state index contributed by atoms with van der Waals surface area (Å²) in [6.07, 6.45) is 0. The second-order valence-corrected chi connectivity index (χ2v) is 4.37. The van der Waals surface area contributed by atoms with Gasteiger partial charge in [0.05, 0.1) is 17.1 Å². The van der Waals surface area contributed by atoms with E-state index in [0.717, 1.165) is 15.6 Å². The summed E-state index contributed by atoms with van der Waals surface area (Å²) in [6.45, 7) is 0. The van der Waals surface area contributed by atoms with Crippen molar-refractivity contribution in [1.82, 2.24) is 0 Å². The topological polar surface area (TPSA) is 33.0 Å². The molecule has 0 aromatic heterocycles. The minimum Gasteiger partial charge on any atom is -0.494 e. The minimum absolute atomic E-state index is 0.528. The van der Waals surface area contributed by atoms with Crippen LogP contribution in [0.5, 0.6) is 5.75 Å². The molecule has 2 aromatic carbocycles. The Kier molecular flexibility index (Phi) is 3.46. The van der Waals surface area contributed by atoms with Crippen molar-refractivity contribution in [1.29, 1.82) is 5.26 Å². The van der Waals surface area contributed by atoms with Gasteiger partial charge in [0.1, 0.15) is 6.07 Å². The Bertz CT molecular complexity index is 573. The molecule has 3 heteroatoms. The van der Waals surface area contributed by atoms with Crippen LogP contribution in [0.4, 0.5) is 0 Å². The van der Waals surface area contributed by atoms with Gasteiger partial charge in [-0.1, -0.05) is 30.3 Å². The predicted molar refractivity (Wildman–Crippen MR) is 70.8 cm³/mol. The van der Waals surface area contributed by atoms with Crippen molar-refractivity contribution >= 4 is 15.9 Å². The summed E-state index contributed by atoms with van der Waals surface area (Å²) in [5.74, 6) is 0.576. The number of ether oxygens (including phenoxy) is 1. The standard InChI is InChI=1S/C14H10BrNO/c1-17-14-12(9-16)7-11(8-13(14)15)10-5-3-2-4-6-10/h2-8H,1H3. The second-order valence-electron chi connectivity index (χ2n) is 3.52. The third-order valence-electron chi connectivity index (χ3n) is 2.48. The van der Waals surface area contributed by atoms with Crippen LogP contribution in [0.25, 0.3) is 11.1 Å². The van der Waals surface area contributed by atoms with Gasteiger partial charge in [-0.3, -0.25) is 0 Å². The van der Waals surface area contributed by atoms with Crippen LogP contribution in [-0.2, 0) is 0 Å². The fraction of sp³-hybridized carbons (Fsp3) is 0.0714. The van der Waals surface area contributed by atoms with E-state index in [1.54, 1.807) is 7.11 Å². The lowest BCUT2D eigenvalue weighted by molar-refractivity contribution is 0.411. The molecule has 0 aliphatic heterocycles. The summed E-state index contributed by atoms with van der Waals surface area (Å²) in [5.41, 5.74) is 2.60. The lowest BCUT2D eigenvalue weighted by Crippen LogP contribution is -1.90. The summed E-state index contributed by atoms with van der Waals surface area (Å²) < 4.78 is 5.98. The first kappa shape index (κ1) is 11.7. The van der Waals surface area contributed by atoms with Crippen LogP contribution in [0.2, 0.25) is 0 Å². The van der Waals surface area contributed by atoms with Gasteiger partial charge in [0.2, 0.25) is 0 Å². The zero-order valence-corrected chi connectivity index (χ0v) is 10.9. The van der Waals surface area contributed by atoms with Gasteiger partial charge >= 0.3 is 0 Å². The maximum absolute atomic E-state index is 9.09. The molecule has 84 valence electrons. The van der Waals surface area contributed by atoms with E-state index in [-0.39, 0.29) is 0 Å². The molecule has 0 N–H and O–H groups in total. The van der Waals surface area contributed by atoms with Gasteiger partial charge in [-0.25, -0.2) is 0 Å². The molecule has 0 heterocycles. The molecular formula is C14H10BrNO. The third-order valence-corrected chi connectivity index (χ3v) is 3.06. The highest BCUT2D eigenvalue weighted by atomic mass is 79.9. The van der Waals surface area contributed by atoms with Crippen LogP contribution in [0.1, 0.15) is 5.56 Å². The number of nitriles is 1. The van der Waals surface area contributed by atoms with Crippen molar-refractivity contribution in [2.24, 2.45) is 0 Å². The zero-order chi connectivity index (χ0) is 12.3. The summed E-state index contributed by atoms with van der Waals surface area (Å²) in [5, 5.41) is 9.09. The Morgan fingerprint density at radius 3 is 2.41 bits per heavy atom. The van der Waals surface area contributed by atoms with Crippen molar-refractivity contribution in [2.75, 3.05) is 7.11 Å². The Hall–Kier alpha value is -1.79. The molecule has 0 amide bonds. The van der Waals surface area contributed by atoms with Crippen molar-refractivity contribution < 1.29 is 4.74 Å². The molecule has 2 rings (SSSR count). The fourth-order valence-electron chi connectivity index (χ4n) is 1.68. The fourth-order valence-corrected chi connectivity index (χ4v) is 2.30. The van der Waals surface area contributed by atoms with Gasteiger partial charge in [-0.2, -0.15) is 5.26 Å². The van der Waals surface area contributed by atoms with Crippen LogP contribution in [0.3, 0.4) is 0 Å². The highest BCUT2D eigenvalue weighted by Gasteiger charge is 2.10. The van der Waals surface area contributed by atoms with Gasteiger partial charge in [-0.15, -0.1) is 0 Å². The molecule has 0 radical (unpaired) electrons. The normalized spacial score (nSPS) is 9.71. The van der Waals surface area contributed by atoms with E-state index in [0.29, 0.717) is 11.3 Å². The molecule has 2 nitrogen and oxygen atoms in total. The first-order valence-electron chi connectivity index (χ1n) is 5.09. The number of methoxy groups -OCH3 is 1. The number of hydrogen-bond acceptors (Lipinski definition) is 2. The number of nitrogens with zero attached hydrogens (tertiary/aromatic N) is 1. The first-order valence-corrected chi connectivity index (χ1v) is 5.88. The van der Waals surface area contributed by atoms with E-state index in [9.17, 15) is 0 Å². The van der Waals surface area contributed by atoms with Crippen LogP contribution in [0, 0.1) is 11.3 Å². The molecule has 0 unspecified atom stereocenters. The smallest absolute Gasteiger partial charge is 0.150 e. The van der Waals surface area contributed by atoms with Gasteiger partial charge in [0.15, 0.2) is 5.75 Å². The molecule has 0 atom stereocenters. The predicted octanol–water partition coefficient (Wildman–Crippen LogP) is 4.00. The Balaban J connectivity index is 2.60. The average Bonchev–Trinajstić information content (AvgIpc) is 2.38. The molecule has 0 saturated carbocycles. The molecule has 0 aliphatic carbocycles. The molecular weight excluding hydrogens is 278 g/mol. The van der Waals surface area contributed by atoms with E-state index >= 15 is 0 Å². The molecule has 0 aliphatic rings. The summed E-state index contributed by atoms with van der Waals surface area (Å²) in [6, 6.07) is 15.9. The van der Waals surface area contributed by atoms with Crippen LogP contribution >= 0.6 is 15.9 Å². The van der Waals surface area contributed by atoms with E-state index in [2.05, 4.69) is 22.0 Å². The van der Waals surface area contributed by atoms with Crippen LogP contribution in [-0.4, -0.2) is 7.11 Å². The number of hydrogen-bond donors (Lipinski definition) is 0. The highest BCUT2D eigenvalue weighted by molar-refractivity contribution is 9.10. The quantitative estimate of drug-likeness (QED) is 0.837. The Labute approximate surface area is 109 Å². The van der Waals surface area contributed by atoms with E-state index in [4.69, 9.17) is 10.00 Å². The molecule has 0 saturated heterocycles. The third kappa shape index (κ3) is 2.32. The molecule has 2 aromatic rings. The lowest BCUT2D eigenvalue weighted by Gasteiger charge is -2.08. The van der Waals surface area contributed by atoms with Gasteiger partial charge in [0.25, 0.3) is 0 Å². The SMILES string of the molecule is COc1c(Br)cc(-c2ccccc2)cc1C#N. The van der Waals surface area contributed by atoms with Gasteiger partial charge in [-0.05, 0) is 39.2 Å². The zero-order valence-electron chi connectivity index (χ0n) is 9.27. The number of halogens is 1. The summed E-state index contributed by atoms with van der Waals surface area (Å²) in [7, 11) is 1.56. The second kappa shape index (κ2) is 5.03. The Morgan fingerprint density at radius 1 is 1.12 bits per heavy atom. The largest absolute Gasteiger partial charge is 0.494 e. The van der Waals surface area contributed by atoms with Crippen molar-refractivity contribution in [3.63, 3.8) is 0 Å². The highest BCUT2D eigenvalue weighted by Crippen LogP contribution is 2.33. The lowest BCUT2D eigenvalue weighted by atomic mass is 10.0. The number of benzene rings is 2. The van der Waals surface area contributed by atoms with Gasteiger partial charge in [0, 0.05) is 0 Å². The van der Waals surface area contributed by atoms with Crippen molar-refractivity contribution in [2.45, 2.75) is 0 Å². The monoisotopic (exact) mass is 287 g/mol. The van der Waals surface area contributed by atoms with E-state index < -0.39 is 0 Å². The molecule has 0 bridgehead atoms. The van der Waals surface area contributed by atoms with Gasteiger partial charge < -0.3 is 4.74 Å². The van der Waals surface area contributed by atoms with E-state index in [1.165, 1.54) is 0 Å². The first-order chi connectivity index (χ1) is 8.26. The maximum Gasteiger partial charge on any atom is 0.150 e. The minimum atomic E-state index is 0.528. The molecule has 0 spiro atoms. The number of rotatable bonds is 2. The van der Waals surface area contributed by atoms with E-state index in [1.807, 2.05) is 42.5 Å². The molecule has 0 fully saturated rings. The summed E-state index contributed by atoms with van der Waals surface area (Å²) in [4.78, 5) is 0. The average molecular weight is 288 g/mol. The molecule has 17 heavy (non-hydrogen) atoms. The van der Waals surface area contributed by atoms with Crippen LogP contribution in [0.15, 0.2) is 46.9 Å². The van der Waals surface area contributed by atoms with Crippen molar-refractivity contribution in [3.8, 4) is 22.9 Å². The van der Waals surface area contributed by atoms with Crippen molar-refractivity contribution in [3.05, 3.63) is 52.5 Å².